The first-order valence-corrected chi connectivity index (χ1v) is 9.63. The summed E-state index contributed by atoms with van der Waals surface area (Å²) < 4.78 is 13.1. The molecule has 27 heavy (non-hydrogen) atoms. The van der Waals surface area contributed by atoms with Crippen molar-refractivity contribution in [3.63, 3.8) is 0 Å². The van der Waals surface area contributed by atoms with E-state index in [-0.39, 0.29) is 17.8 Å². The molecule has 0 bridgehead atoms. The van der Waals surface area contributed by atoms with Gasteiger partial charge < -0.3 is 15.1 Å². The Morgan fingerprint density at radius 2 is 1.78 bits per heavy atom. The highest BCUT2D eigenvalue weighted by Gasteiger charge is 2.23. The molecule has 1 saturated heterocycles. The van der Waals surface area contributed by atoms with Crippen LogP contribution in [-0.4, -0.2) is 38.6 Å². The number of carbonyl (C=O) groups excluding carboxylic acids is 1. The topological polar surface area (TPSA) is 36.8 Å². The van der Waals surface area contributed by atoms with Gasteiger partial charge in [-0.25, -0.2) is 4.39 Å². The van der Waals surface area contributed by atoms with Crippen molar-refractivity contribution in [1.82, 2.24) is 5.32 Å². The molecule has 0 aliphatic carbocycles. The van der Waals surface area contributed by atoms with Crippen LogP contribution in [0.3, 0.4) is 0 Å². The van der Waals surface area contributed by atoms with Gasteiger partial charge in [-0.05, 0) is 61.7 Å². The third-order valence-electron chi connectivity index (χ3n) is 5.48. The average Bonchev–Trinajstić information content (AvgIpc) is 2.65. The SMILES string of the molecule is Cc1ccc([C@H](C)NC(=O)C[NH+]2CCN(c3ccc(F)cc3)CC2)cc1C. The van der Waals surface area contributed by atoms with E-state index in [0.717, 1.165) is 37.4 Å². The van der Waals surface area contributed by atoms with Crippen molar-refractivity contribution in [3.05, 3.63) is 65.0 Å². The zero-order chi connectivity index (χ0) is 19.4. The summed E-state index contributed by atoms with van der Waals surface area (Å²) in [5.74, 6) is -0.122. The third kappa shape index (κ3) is 5.07. The Hall–Kier alpha value is -2.40. The van der Waals surface area contributed by atoms with Crippen LogP contribution in [0.4, 0.5) is 10.1 Å². The minimum Gasteiger partial charge on any atom is -0.360 e. The zero-order valence-electron chi connectivity index (χ0n) is 16.4. The molecule has 0 spiro atoms. The van der Waals surface area contributed by atoms with E-state index in [9.17, 15) is 9.18 Å². The van der Waals surface area contributed by atoms with Crippen molar-refractivity contribution in [1.29, 1.82) is 0 Å². The Bertz CT molecular complexity index is 783. The summed E-state index contributed by atoms with van der Waals surface area (Å²) in [6.07, 6.45) is 0. The van der Waals surface area contributed by atoms with E-state index in [2.05, 4.69) is 42.3 Å². The second kappa shape index (κ2) is 8.53. The number of piperazine rings is 1. The molecule has 0 aromatic heterocycles. The first-order valence-electron chi connectivity index (χ1n) is 9.63. The number of benzene rings is 2. The Balaban J connectivity index is 1.47. The highest BCUT2D eigenvalue weighted by atomic mass is 19.1. The molecule has 2 aromatic carbocycles. The van der Waals surface area contributed by atoms with Crippen LogP contribution >= 0.6 is 0 Å². The summed E-state index contributed by atoms with van der Waals surface area (Å²) in [5.41, 5.74) is 4.70. The molecule has 1 amide bonds. The van der Waals surface area contributed by atoms with Crippen LogP contribution in [0.15, 0.2) is 42.5 Å². The number of anilines is 1. The minimum atomic E-state index is -0.211. The number of halogens is 1. The number of aryl methyl sites for hydroxylation is 2. The Morgan fingerprint density at radius 3 is 2.41 bits per heavy atom. The van der Waals surface area contributed by atoms with E-state index >= 15 is 0 Å². The largest absolute Gasteiger partial charge is 0.360 e. The van der Waals surface area contributed by atoms with Crippen molar-refractivity contribution in [2.45, 2.75) is 26.8 Å². The Morgan fingerprint density at radius 1 is 1.11 bits per heavy atom. The summed E-state index contributed by atoms with van der Waals surface area (Å²) in [5, 5.41) is 3.12. The molecule has 0 saturated carbocycles. The molecule has 3 rings (SSSR count). The van der Waals surface area contributed by atoms with Crippen LogP contribution in [-0.2, 0) is 4.79 Å². The molecule has 1 atom stereocenters. The number of amides is 1. The number of quaternary nitrogens is 1. The van der Waals surface area contributed by atoms with E-state index in [0.29, 0.717) is 6.54 Å². The number of hydrogen-bond donors (Lipinski definition) is 2. The van der Waals surface area contributed by atoms with E-state index in [4.69, 9.17) is 0 Å². The molecular weight excluding hydrogens is 341 g/mol. The molecule has 144 valence electrons. The predicted molar refractivity (Wildman–Crippen MR) is 107 cm³/mol. The fourth-order valence-corrected chi connectivity index (χ4v) is 3.55. The highest BCUT2D eigenvalue weighted by molar-refractivity contribution is 5.77. The van der Waals surface area contributed by atoms with Gasteiger partial charge in [-0.1, -0.05) is 18.2 Å². The van der Waals surface area contributed by atoms with Crippen LogP contribution in [0, 0.1) is 19.7 Å². The van der Waals surface area contributed by atoms with Gasteiger partial charge in [-0.15, -0.1) is 0 Å². The zero-order valence-corrected chi connectivity index (χ0v) is 16.4. The summed E-state index contributed by atoms with van der Waals surface area (Å²) in [7, 11) is 0. The maximum absolute atomic E-state index is 13.1. The van der Waals surface area contributed by atoms with Gasteiger partial charge in [0.15, 0.2) is 6.54 Å². The second-order valence-electron chi connectivity index (χ2n) is 7.52. The number of rotatable bonds is 5. The first kappa shape index (κ1) is 19.4. The van der Waals surface area contributed by atoms with Crippen LogP contribution in [0.5, 0.6) is 0 Å². The number of nitrogens with zero attached hydrogens (tertiary/aromatic N) is 1. The lowest BCUT2D eigenvalue weighted by molar-refractivity contribution is -0.892. The maximum atomic E-state index is 13.1. The van der Waals surface area contributed by atoms with Gasteiger partial charge in [0, 0.05) is 5.69 Å². The van der Waals surface area contributed by atoms with E-state index in [1.54, 1.807) is 0 Å². The average molecular weight is 370 g/mol. The van der Waals surface area contributed by atoms with E-state index < -0.39 is 0 Å². The number of carbonyl (C=O) groups is 1. The van der Waals surface area contributed by atoms with Crippen LogP contribution < -0.4 is 15.1 Å². The van der Waals surface area contributed by atoms with Crippen LogP contribution in [0.25, 0.3) is 0 Å². The Labute approximate surface area is 161 Å². The molecule has 2 N–H and O–H groups in total. The summed E-state index contributed by atoms with van der Waals surface area (Å²) in [6.45, 7) is 10.3. The minimum absolute atomic E-state index is 0.0108. The lowest BCUT2D eigenvalue weighted by Gasteiger charge is -2.33. The lowest BCUT2D eigenvalue weighted by Crippen LogP contribution is -3.15. The van der Waals surface area contributed by atoms with Crippen molar-refractivity contribution < 1.29 is 14.1 Å². The molecular formula is C22H29FN3O+. The number of hydrogen-bond acceptors (Lipinski definition) is 2. The summed E-state index contributed by atoms with van der Waals surface area (Å²) in [6, 6.07) is 13.0. The molecule has 4 nitrogen and oxygen atoms in total. The fraction of sp³-hybridized carbons (Fsp3) is 0.409. The molecule has 0 unspecified atom stereocenters. The van der Waals surface area contributed by atoms with E-state index in [1.807, 2.05) is 19.1 Å². The van der Waals surface area contributed by atoms with Crippen molar-refractivity contribution >= 4 is 11.6 Å². The van der Waals surface area contributed by atoms with Gasteiger partial charge in [0.1, 0.15) is 5.82 Å². The molecule has 1 fully saturated rings. The summed E-state index contributed by atoms with van der Waals surface area (Å²) >= 11 is 0. The number of nitrogens with one attached hydrogen (secondary N) is 2. The maximum Gasteiger partial charge on any atom is 0.275 e. The van der Waals surface area contributed by atoms with Crippen molar-refractivity contribution in [3.8, 4) is 0 Å². The van der Waals surface area contributed by atoms with Gasteiger partial charge in [0.2, 0.25) is 0 Å². The quantitative estimate of drug-likeness (QED) is 0.845. The highest BCUT2D eigenvalue weighted by Crippen LogP contribution is 2.17. The second-order valence-corrected chi connectivity index (χ2v) is 7.52. The summed E-state index contributed by atoms with van der Waals surface area (Å²) in [4.78, 5) is 16.0. The van der Waals surface area contributed by atoms with E-state index in [1.165, 1.54) is 28.2 Å². The van der Waals surface area contributed by atoms with Crippen molar-refractivity contribution in [2.24, 2.45) is 0 Å². The molecule has 1 heterocycles. The molecule has 5 heteroatoms. The van der Waals surface area contributed by atoms with Crippen molar-refractivity contribution in [2.75, 3.05) is 37.6 Å². The smallest absolute Gasteiger partial charge is 0.275 e. The predicted octanol–water partition coefficient (Wildman–Crippen LogP) is 2.02. The normalized spacial score (nSPS) is 16.2. The van der Waals surface area contributed by atoms with Gasteiger partial charge >= 0.3 is 0 Å². The Kier molecular flexibility index (Phi) is 6.11. The van der Waals surface area contributed by atoms with Gasteiger partial charge in [-0.3, -0.25) is 4.79 Å². The lowest BCUT2D eigenvalue weighted by atomic mass is 10.0. The standard InChI is InChI=1S/C22H28FN3O/c1-16-4-5-19(14-17(16)2)18(3)24-22(27)15-25-10-12-26(13-11-25)21-8-6-20(23)7-9-21/h4-9,14,18H,10-13,15H2,1-3H3,(H,24,27)/p+1/t18-/m0/s1. The third-order valence-corrected chi connectivity index (χ3v) is 5.48. The van der Waals surface area contributed by atoms with Crippen LogP contribution in [0.1, 0.15) is 29.7 Å². The first-order chi connectivity index (χ1) is 12.9. The monoisotopic (exact) mass is 370 g/mol. The molecule has 1 aliphatic heterocycles. The van der Waals surface area contributed by atoms with Gasteiger partial charge in [0.25, 0.3) is 5.91 Å². The van der Waals surface area contributed by atoms with Gasteiger partial charge in [0.05, 0.1) is 32.2 Å². The fourth-order valence-electron chi connectivity index (χ4n) is 3.55. The molecule has 0 radical (unpaired) electrons. The molecule has 1 aliphatic rings. The van der Waals surface area contributed by atoms with Crippen LogP contribution in [0.2, 0.25) is 0 Å². The van der Waals surface area contributed by atoms with Gasteiger partial charge in [-0.2, -0.15) is 0 Å². The molecule has 2 aromatic rings.